The van der Waals surface area contributed by atoms with Crippen LogP contribution in [-0.2, 0) is 6.54 Å². The third kappa shape index (κ3) is 5.33. The highest BCUT2D eigenvalue weighted by atomic mass is 16.1. The van der Waals surface area contributed by atoms with Crippen LogP contribution < -0.4 is 10.6 Å². The lowest BCUT2D eigenvalue weighted by atomic mass is 10.1. The fourth-order valence-corrected chi connectivity index (χ4v) is 2.34. The minimum absolute atomic E-state index is 0.185. The van der Waals surface area contributed by atoms with E-state index in [1.807, 2.05) is 31.2 Å². The van der Waals surface area contributed by atoms with Crippen molar-refractivity contribution in [1.29, 1.82) is 0 Å². The van der Waals surface area contributed by atoms with Crippen molar-refractivity contribution in [3.63, 3.8) is 0 Å². The Labute approximate surface area is 143 Å². The Hall–Kier alpha value is -2.43. The number of anilines is 1. The number of nitrogens with one attached hydrogen (secondary N) is 2. The number of carbonyl (C=O) groups is 1. The van der Waals surface area contributed by atoms with E-state index in [0.29, 0.717) is 29.8 Å². The maximum atomic E-state index is 12.4. The van der Waals surface area contributed by atoms with Crippen LogP contribution in [0.25, 0.3) is 0 Å². The second-order valence-corrected chi connectivity index (χ2v) is 6.40. The van der Waals surface area contributed by atoms with Crippen molar-refractivity contribution in [2.45, 2.75) is 40.7 Å². The maximum absolute atomic E-state index is 12.4. The second kappa shape index (κ2) is 8.43. The van der Waals surface area contributed by atoms with Gasteiger partial charge in [-0.3, -0.25) is 4.79 Å². The molecule has 24 heavy (non-hydrogen) atoms. The zero-order valence-electron chi connectivity index (χ0n) is 14.9. The lowest BCUT2D eigenvalue weighted by Crippen LogP contribution is -2.25. The normalized spacial score (nSPS) is 10.7. The predicted octanol–water partition coefficient (Wildman–Crippen LogP) is 3.48. The van der Waals surface area contributed by atoms with Crippen molar-refractivity contribution in [2.24, 2.45) is 5.92 Å². The number of aryl methyl sites for hydroxylation is 2. The summed E-state index contributed by atoms with van der Waals surface area (Å²) in [6, 6.07) is 9.72. The van der Waals surface area contributed by atoms with Gasteiger partial charge in [0.2, 0.25) is 0 Å². The molecule has 2 N–H and O–H groups in total. The SMILES string of the molecule is Cc1nc(NCCC(C)C)cc(C(=O)NCc2ccccc2C)n1. The number of rotatable bonds is 7. The van der Waals surface area contributed by atoms with Crippen LogP contribution in [0.15, 0.2) is 30.3 Å². The molecular weight excluding hydrogens is 300 g/mol. The average molecular weight is 326 g/mol. The van der Waals surface area contributed by atoms with Gasteiger partial charge < -0.3 is 10.6 Å². The third-order valence-corrected chi connectivity index (χ3v) is 3.80. The summed E-state index contributed by atoms with van der Waals surface area (Å²) in [4.78, 5) is 21.0. The van der Waals surface area contributed by atoms with E-state index in [0.717, 1.165) is 24.1 Å². The Bertz CT molecular complexity index is 698. The average Bonchev–Trinajstić information content (AvgIpc) is 2.53. The van der Waals surface area contributed by atoms with Gasteiger partial charge in [-0.15, -0.1) is 0 Å². The summed E-state index contributed by atoms with van der Waals surface area (Å²) >= 11 is 0. The molecule has 5 heteroatoms. The first-order valence-electron chi connectivity index (χ1n) is 8.38. The molecule has 0 unspecified atom stereocenters. The summed E-state index contributed by atoms with van der Waals surface area (Å²) < 4.78 is 0. The molecule has 0 saturated carbocycles. The van der Waals surface area contributed by atoms with Crippen LogP contribution in [-0.4, -0.2) is 22.4 Å². The maximum Gasteiger partial charge on any atom is 0.270 e. The topological polar surface area (TPSA) is 66.9 Å². The molecule has 128 valence electrons. The van der Waals surface area contributed by atoms with Gasteiger partial charge in [0.05, 0.1) is 0 Å². The molecule has 5 nitrogen and oxygen atoms in total. The first kappa shape index (κ1) is 17.9. The zero-order chi connectivity index (χ0) is 17.5. The Morgan fingerprint density at radius 3 is 2.62 bits per heavy atom. The van der Waals surface area contributed by atoms with Crippen LogP contribution in [0.2, 0.25) is 0 Å². The Morgan fingerprint density at radius 2 is 1.92 bits per heavy atom. The second-order valence-electron chi connectivity index (χ2n) is 6.40. The monoisotopic (exact) mass is 326 g/mol. The molecule has 1 heterocycles. The molecule has 1 aromatic heterocycles. The summed E-state index contributed by atoms with van der Waals surface area (Å²) in [5.41, 5.74) is 2.66. The van der Waals surface area contributed by atoms with Gasteiger partial charge in [-0.05, 0) is 37.3 Å². The molecule has 0 aliphatic carbocycles. The highest BCUT2D eigenvalue weighted by molar-refractivity contribution is 5.92. The molecule has 1 aromatic carbocycles. The fraction of sp³-hybridized carbons (Fsp3) is 0.421. The van der Waals surface area contributed by atoms with E-state index in [-0.39, 0.29) is 5.91 Å². The summed E-state index contributed by atoms with van der Waals surface area (Å²) in [5, 5.41) is 6.19. The van der Waals surface area contributed by atoms with E-state index < -0.39 is 0 Å². The number of amides is 1. The van der Waals surface area contributed by atoms with Gasteiger partial charge in [0, 0.05) is 19.2 Å². The van der Waals surface area contributed by atoms with Gasteiger partial charge in [0.25, 0.3) is 5.91 Å². The largest absolute Gasteiger partial charge is 0.370 e. The van der Waals surface area contributed by atoms with Gasteiger partial charge in [-0.25, -0.2) is 9.97 Å². The molecule has 1 amide bonds. The number of benzene rings is 1. The van der Waals surface area contributed by atoms with Crippen molar-refractivity contribution in [3.05, 3.63) is 53.0 Å². The van der Waals surface area contributed by atoms with E-state index in [1.165, 1.54) is 0 Å². The quantitative estimate of drug-likeness (QED) is 0.817. The Kier molecular flexibility index (Phi) is 6.29. The molecule has 0 aliphatic rings. The molecule has 0 spiro atoms. The molecule has 0 saturated heterocycles. The van der Waals surface area contributed by atoms with E-state index in [1.54, 1.807) is 13.0 Å². The van der Waals surface area contributed by atoms with Gasteiger partial charge in [0.1, 0.15) is 17.3 Å². The van der Waals surface area contributed by atoms with Crippen molar-refractivity contribution >= 4 is 11.7 Å². The Morgan fingerprint density at radius 1 is 1.17 bits per heavy atom. The van der Waals surface area contributed by atoms with Crippen molar-refractivity contribution in [2.75, 3.05) is 11.9 Å². The smallest absolute Gasteiger partial charge is 0.270 e. The molecule has 0 fully saturated rings. The molecule has 2 aromatic rings. The number of carbonyl (C=O) groups excluding carboxylic acids is 1. The lowest BCUT2D eigenvalue weighted by molar-refractivity contribution is 0.0945. The van der Waals surface area contributed by atoms with E-state index in [9.17, 15) is 4.79 Å². The van der Waals surface area contributed by atoms with Crippen LogP contribution >= 0.6 is 0 Å². The summed E-state index contributed by atoms with van der Waals surface area (Å²) in [7, 11) is 0. The Balaban J connectivity index is 2.00. The molecule has 0 bridgehead atoms. The highest BCUT2D eigenvalue weighted by Crippen LogP contribution is 2.10. The van der Waals surface area contributed by atoms with Crippen LogP contribution in [0.5, 0.6) is 0 Å². The minimum Gasteiger partial charge on any atom is -0.370 e. The summed E-state index contributed by atoms with van der Waals surface area (Å²) in [5.74, 6) is 1.72. The minimum atomic E-state index is -0.185. The lowest BCUT2D eigenvalue weighted by Gasteiger charge is -2.11. The fourth-order valence-electron chi connectivity index (χ4n) is 2.34. The number of nitrogens with zero attached hydrogens (tertiary/aromatic N) is 2. The van der Waals surface area contributed by atoms with Gasteiger partial charge in [0.15, 0.2) is 0 Å². The van der Waals surface area contributed by atoms with Crippen molar-refractivity contribution in [1.82, 2.24) is 15.3 Å². The first-order chi connectivity index (χ1) is 11.5. The van der Waals surface area contributed by atoms with E-state index in [2.05, 4.69) is 34.4 Å². The van der Waals surface area contributed by atoms with Gasteiger partial charge >= 0.3 is 0 Å². The van der Waals surface area contributed by atoms with Gasteiger partial charge in [-0.1, -0.05) is 38.1 Å². The van der Waals surface area contributed by atoms with E-state index in [4.69, 9.17) is 0 Å². The number of aromatic nitrogens is 2. The van der Waals surface area contributed by atoms with Crippen LogP contribution in [0.3, 0.4) is 0 Å². The molecule has 2 rings (SSSR count). The van der Waals surface area contributed by atoms with Gasteiger partial charge in [-0.2, -0.15) is 0 Å². The van der Waals surface area contributed by atoms with Crippen LogP contribution in [0.1, 0.15) is 47.7 Å². The van der Waals surface area contributed by atoms with Crippen molar-refractivity contribution in [3.8, 4) is 0 Å². The van der Waals surface area contributed by atoms with E-state index >= 15 is 0 Å². The van der Waals surface area contributed by atoms with Crippen LogP contribution in [0.4, 0.5) is 5.82 Å². The number of hydrogen-bond donors (Lipinski definition) is 2. The summed E-state index contributed by atoms with van der Waals surface area (Å²) in [6.07, 6.45) is 1.05. The van der Waals surface area contributed by atoms with Crippen molar-refractivity contribution < 1.29 is 4.79 Å². The van der Waals surface area contributed by atoms with Crippen LogP contribution in [0, 0.1) is 19.8 Å². The standard InChI is InChI=1S/C19H26N4O/c1-13(2)9-10-20-18-11-17(22-15(4)23-18)19(24)21-12-16-8-6-5-7-14(16)3/h5-8,11,13H,9-10,12H2,1-4H3,(H,21,24)(H,20,22,23). The zero-order valence-corrected chi connectivity index (χ0v) is 14.9. The third-order valence-electron chi connectivity index (χ3n) is 3.80. The summed E-state index contributed by atoms with van der Waals surface area (Å²) in [6.45, 7) is 9.51. The molecule has 0 aliphatic heterocycles. The predicted molar refractivity (Wildman–Crippen MR) is 97.1 cm³/mol. The highest BCUT2D eigenvalue weighted by Gasteiger charge is 2.11. The first-order valence-corrected chi connectivity index (χ1v) is 8.38. The number of hydrogen-bond acceptors (Lipinski definition) is 4. The molecule has 0 radical (unpaired) electrons. The molecule has 0 atom stereocenters. The molecular formula is C19H26N4O.